The molecule has 1 amide bonds. The SMILES string of the molecule is C[C@@H](CNC(=O)CCOc1ccccc1Cl)N1CCN(C)CC1. The van der Waals surface area contributed by atoms with E-state index in [1.54, 1.807) is 12.1 Å². The van der Waals surface area contributed by atoms with Crippen LogP contribution in [-0.2, 0) is 4.79 Å². The molecule has 1 aromatic rings. The molecule has 6 heteroatoms. The Morgan fingerprint density at radius 3 is 2.70 bits per heavy atom. The maximum Gasteiger partial charge on any atom is 0.223 e. The van der Waals surface area contributed by atoms with E-state index >= 15 is 0 Å². The maximum absolute atomic E-state index is 11.9. The summed E-state index contributed by atoms with van der Waals surface area (Å²) in [4.78, 5) is 16.7. The van der Waals surface area contributed by atoms with Gasteiger partial charge < -0.3 is 15.0 Å². The van der Waals surface area contributed by atoms with Crippen molar-refractivity contribution in [3.05, 3.63) is 29.3 Å². The van der Waals surface area contributed by atoms with Gasteiger partial charge in [0.2, 0.25) is 5.91 Å². The lowest BCUT2D eigenvalue weighted by Gasteiger charge is -2.36. The number of amides is 1. The lowest BCUT2D eigenvalue weighted by molar-refractivity contribution is -0.121. The van der Waals surface area contributed by atoms with Crippen LogP contribution >= 0.6 is 11.6 Å². The molecule has 0 unspecified atom stereocenters. The van der Waals surface area contributed by atoms with Crippen LogP contribution < -0.4 is 10.1 Å². The zero-order valence-electron chi connectivity index (χ0n) is 13.9. The number of ether oxygens (including phenoxy) is 1. The molecule has 0 spiro atoms. The van der Waals surface area contributed by atoms with Gasteiger partial charge in [-0.3, -0.25) is 9.69 Å². The highest BCUT2D eigenvalue weighted by Crippen LogP contribution is 2.22. The van der Waals surface area contributed by atoms with Gasteiger partial charge in [0.15, 0.2) is 0 Å². The van der Waals surface area contributed by atoms with Gasteiger partial charge >= 0.3 is 0 Å². The quantitative estimate of drug-likeness (QED) is 0.823. The maximum atomic E-state index is 11.9. The lowest BCUT2D eigenvalue weighted by Crippen LogP contribution is -2.51. The first-order valence-electron chi connectivity index (χ1n) is 8.13. The monoisotopic (exact) mass is 339 g/mol. The molecule has 0 saturated carbocycles. The zero-order valence-corrected chi connectivity index (χ0v) is 14.7. The summed E-state index contributed by atoms with van der Waals surface area (Å²) in [5.41, 5.74) is 0. The standard InChI is InChI=1S/C17H26ClN3O2/c1-14(21-10-8-20(2)9-11-21)13-19-17(22)7-12-23-16-6-4-3-5-15(16)18/h3-6,14H,7-13H2,1-2H3,(H,19,22)/t14-/m0/s1. The molecule has 1 N–H and O–H groups in total. The Balaban J connectivity index is 1.62. The fourth-order valence-electron chi connectivity index (χ4n) is 2.56. The second-order valence-electron chi connectivity index (χ2n) is 6.02. The van der Waals surface area contributed by atoms with Gasteiger partial charge in [-0.2, -0.15) is 0 Å². The number of para-hydroxylation sites is 1. The van der Waals surface area contributed by atoms with Crippen molar-refractivity contribution in [3.63, 3.8) is 0 Å². The first-order chi connectivity index (χ1) is 11.1. The first kappa shape index (κ1) is 18.0. The molecule has 1 saturated heterocycles. The van der Waals surface area contributed by atoms with Crippen molar-refractivity contribution >= 4 is 17.5 Å². The van der Waals surface area contributed by atoms with Gasteiger partial charge in [-0.05, 0) is 26.1 Å². The average molecular weight is 340 g/mol. The van der Waals surface area contributed by atoms with Gasteiger partial charge in [0.25, 0.3) is 0 Å². The fraction of sp³-hybridized carbons (Fsp3) is 0.588. The second kappa shape index (κ2) is 9.11. The highest BCUT2D eigenvalue weighted by Gasteiger charge is 2.19. The van der Waals surface area contributed by atoms with Crippen LogP contribution in [0.1, 0.15) is 13.3 Å². The van der Waals surface area contributed by atoms with Crippen LogP contribution in [0, 0.1) is 0 Å². The van der Waals surface area contributed by atoms with Crippen molar-refractivity contribution in [3.8, 4) is 5.75 Å². The van der Waals surface area contributed by atoms with Gasteiger partial charge in [0.05, 0.1) is 18.1 Å². The summed E-state index contributed by atoms with van der Waals surface area (Å²) in [6.07, 6.45) is 0.334. The molecular formula is C17H26ClN3O2. The van der Waals surface area contributed by atoms with Crippen LogP contribution in [-0.4, -0.2) is 68.1 Å². The van der Waals surface area contributed by atoms with Crippen LogP contribution in [0.4, 0.5) is 0 Å². The third-order valence-corrected chi connectivity index (χ3v) is 4.49. The van der Waals surface area contributed by atoms with Crippen molar-refractivity contribution < 1.29 is 9.53 Å². The summed E-state index contributed by atoms with van der Waals surface area (Å²) in [6, 6.07) is 7.64. The van der Waals surface area contributed by atoms with Crippen LogP contribution in [0.15, 0.2) is 24.3 Å². The molecule has 1 aromatic carbocycles. The van der Waals surface area contributed by atoms with Gasteiger partial charge in [-0.1, -0.05) is 23.7 Å². The van der Waals surface area contributed by atoms with Crippen LogP contribution in [0.2, 0.25) is 5.02 Å². The Morgan fingerprint density at radius 2 is 2.00 bits per heavy atom. The Morgan fingerprint density at radius 1 is 1.30 bits per heavy atom. The van der Waals surface area contributed by atoms with Gasteiger partial charge in [-0.25, -0.2) is 0 Å². The predicted molar refractivity (Wildman–Crippen MR) is 93.1 cm³/mol. The predicted octanol–water partition coefficient (Wildman–Crippen LogP) is 1.86. The Kier molecular flexibility index (Phi) is 7.15. The minimum absolute atomic E-state index is 0.0121. The fourth-order valence-corrected chi connectivity index (χ4v) is 2.75. The first-order valence-corrected chi connectivity index (χ1v) is 8.50. The van der Waals surface area contributed by atoms with E-state index in [0.717, 1.165) is 26.2 Å². The zero-order chi connectivity index (χ0) is 16.7. The summed E-state index contributed by atoms with van der Waals surface area (Å²) in [5, 5.41) is 3.55. The minimum atomic E-state index is 0.0121. The van der Waals surface area contributed by atoms with Crippen molar-refractivity contribution in [2.75, 3.05) is 46.4 Å². The average Bonchev–Trinajstić information content (AvgIpc) is 2.55. The molecule has 0 aliphatic carbocycles. The molecule has 2 rings (SSSR count). The molecule has 0 bridgehead atoms. The molecule has 5 nitrogen and oxygen atoms in total. The smallest absolute Gasteiger partial charge is 0.223 e. The van der Waals surface area contributed by atoms with Crippen LogP contribution in [0.3, 0.4) is 0 Å². The molecule has 1 aliphatic heterocycles. The summed E-state index contributed by atoms with van der Waals surface area (Å²) >= 11 is 6.00. The number of carbonyl (C=O) groups excluding carboxylic acids is 1. The number of carbonyl (C=O) groups is 1. The molecule has 1 fully saturated rings. The molecule has 1 heterocycles. The summed E-state index contributed by atoms with van der Waals surface area (Å²) in [5.74, 6) is 0.630. The molecular weight excluding hydrogens is 314 g/mol. The number of nitrogens with one attached hydrogen (secondary N) is 1. The number of halogens is 1. The third-order valence-electron chi connectivity index (χ3n) is 4.18. The summed E-state index contributed by atoms with van der Waals surface area (Å²) in [6.45, 7) is 7.46. The van der Waals surface area contributed by atoms with E-state index in [4.69, 9.17) is 16.3 Å². The molecule has 0 radical (unpaired) electrons. The van der Waals surface area contributed by atoms with Crippen molar-refractivity contribution in [2.24, 2.45) is 0 Å². The van der Waals surface area contributed by atoms with Crippen molar-refractivity contribution in [1.82, 2.24) is 15.1 Å². The van der Waals surface area contributed by atoms with E-state index in [1.165, 1.54) is 0 Å². The van der Waals surface area contributed by atoms with E-state index in [2.05, 4.69) is 29.1 Å². The van der Waals surface area contributed by atoms with Crippen LogP contribution in [0.5, 0.6) is 5.75 Å². The molecule has 128 valence electrons. The Hall–Kier alpha value is -1.30. The van der Waals surface area contributed by atoms with E-state index in [-0.39, 0.29) is 5.91 Å². The number of piperazine rings is 1. The Labute approximate surface area is 143 Å². The van der Waals surface area contributed by atoms with Crippen molar-refractivity contribution in [2.45, 2.75) is 19.4 Å². The number of rotatable bonds is 7. The number of benzene rings is 1. The van der Waals surface area contributed by atoms with Gasteiger partial charge in [0, 0.05) is 38.8 Å². The van der Waals surface area contributed by atoms with Gasteiger partial charge in [-0.15, -0.1) is 0 Å². The van der Waals surface area contributed by atoms with E-state index in [9.17, 15) is 4.79 Å². The summed E-state index contributed by atoms with van der Waals surface area (Å²) < 4.78 is 5.53. The molecule has 23 heavy (non-hydrogen) atoms. The molecule has 0 aromatic heterocycles. The van der Waals surface area contributed by atoms with E-state index < -0.39 is 0 Å². The number of hydrogen-bond donors (Lipinski definition) is 1. The normalized spacial score (nSPS) is 17.7. The molecule has 1 atom stereocenters. The van der Waals surface area contributed by atoms with Crippen molar-refractivity contribution in [1.29, 1.82) is 0 Å². The minimum Gasteiger partial charge on any atom is -0.491 e. The van der Waals surface area contributed by atoms with E-state index in [1.807, 2.05) is 12.1 Å². The van der Waals surface area contributed by atoms with Crippen LogP contribution in [0.25, 0.3) is 0 Å². The number of hydrogen-bond acceptors (Lipinski definition) is 4. The molecule has 1 aliphatic rings. The Bertz CT molecular complexity index is 504. The highest BCUT2D eigenvalue weighted by atomic mass is 35.5. The lowest BCUT2D eigenvalue weighted by atomic mass is 10.2. The topological polar surface area (TPSA) is 44.8 Å². The largest absolute Gasteiger partial charge is 0.491 e. The van der Waals surface area contributed by atoms with Gasteiger partial charge in [0.1, 0.15) is 5.75 Å². The third kappa shape index (κ3) is 6.01. The van der Waals surface area contributed by atoms with E-state index in [0.29, 0.717) is 36.4 Å². The number of likely N-dealkylation sites (N-methyl/N-ethyl adjacent to an activating group) is 1. The number of nitrogens with zero attached hydrogens (tertiary/aromatic N) is 2. The second-order valence-corrected chi connectivity index (χ2v) is 6.43. The highest BCUT2D eigenvalue weighted by molar-refractivity contribution is 6.32. The summed E-state index contributed by atoms with van der Waals surface area (Å²) in [7, 11) is 2.14.